The lowest BCUT2D eigenvalue weighted by Gasteiger charge is -2.26. The fourth-order valence-electron chi connectivity index (χ4n) is 2.68. The van der Waals surface area contributed by atoms with E-state index in [1.54, 1.807) is 19.1 Å². The fourth-order valence-corrected chi connectivity index (χ4v) is 2.97. The first-order chi connectivity index (χ1) is 13.5. The lowest BCUT2D eigenvalue weighted by molar-refractivity contribution is -0.128. The molecule has 1 saturated heterocycles. The molecule has 0 spiro atoms. The Hall–Kier alpha value is -1.80. The third-order valence-corrected chi connectivity index (χ3v) is 4.85. The van der Waals surface area contributed by atoms with Gasteiger partial charge in [-0.25, -0.2) is 4.68 Å². The number of hydrogen-bond acceptors (Lipinski definition) is 6. The van der Waals surface area contributed by atoms with E-state index in [9.17, 15) is 4.79 Å². The second kappa shape index (κ2) is 11.9. The second-order valence-corrected chi connectivity index (χ2v) is 6.94. The van der Waals surface area contributed by atoms with Crippen LogP contribution in [0.25, 0.3) is 5.69 Å². The number of benzene rings is 1. The molecule has 0 amide bonds. The van der Waals surface area contributed by atoms with Crippen LogP contribution in [-0.4, -0.2) is 67.1 Å². The van der Waals surface area contributed by atoms with Crippen molar-refractivity contribution in [1.82, 2.24) is 20.0 Å². The quantitative estimate of drug-likeness (QED) is 0.683. The van der Waals surface area contributed by atoms with E-state index in [1.807, 2.05) is 23.7 Å². The molecular weight excluding hydrogens is 403 g/mol. The number of hydrogen-bond donors (Lipinski definition) is 1. The number of aromatic nitrogens is 2. The maximum Gasteiger partial charge on any atom is 0.293 e. The summed E-state index contributed by atoms with van der Waals surface area (Å²) in [5.41, 5.74) is 1.86. The minimum absolute atomic E-state index is 0.431. The van der Waals surface area contributed by atoms with Gasteiger partial charge >= 0.3 is 0 Å². The first kappa shape index (κ1) is 22.5. The highest BCUT2D eigenvalue weighted by molar-refractivity contribution is 6.42. The van der Waals surface area contributed by atoms with Crippen molar-refractivity contribution in [2.75, 3.05) is 45.9 Å². The number of carbonyl (C=O) groups excluding carboxylic acids is 1. The van der Waals surface area contributed by atoms with Crippen molar-refractivity contribution >= 4 is 29.7 Å². The summed E-state index contributed by atoms with van der Waals surface area (Å²) < 4.78 is 11.8. The van der Waals surface area contributed by atoms with Crippen LogP contribution in [0.5, 0.6) is 5.88 Å². The molecule has 154 valence electrons. The number of ether oxygens (including phenoxy) is 2. The van der Waals surface area contributed by atoms with Gasteiger partial charge in [0.25, 0.3) is 6.47 Å². The number of rotatable bonds is 7. The number of halogens is 2. The van der Waals surface area contributed by atoms with Crippen molar-refractivity contribution in [3.63, 3.8) is 0 Å². The van der Waals surface area contributed by atoms with Gasteiger partial charge < -0.3 is 14.8 Å². The summed E-state index contributed by atoms with van der Waals surface area (Å²) in [6, 6.07) is 7.39. The normalized spacial score (nSPS) is 14.1. The highest BCUT2D eigenvalue weighted by Gasteiger charge is 2.11. The summed E-state index contributed by atoms with van der Waals surface area (Å²) >= 11 is 12.0. The van der Waals surface area contributed by atoms with E-state index in [1.165, 1.54) is 0 Å². The largest absolute Gasteiger partial charge is 0.475 e. The van der Waals surface area contributed by atoms with Gasteiger partial charge in [0.15, 0.2) is 0 Å². The molecule has 0 atom stereocenters. The number of piperazine rings is 1. The van der Waals surface area contributed by atoms with Crippen LogP contribution in [0.3, 0.4) is 0 Å². The molecule has 3 rings (SSSR count). The van der Waals surface area contributed by atoms with Gasteiger partial charge in [-0.05, 0) is 32.0 Å². The lowest BCUT2D eigenvalue weighted by Crippen LogP contribution is -2.44. The Labute approximate surface area is 175 Å². The van der Waals surface area contributed by atoms with E-state index < -0.39 is 0 Å². The Bertz CT molecular complexity index is 749. The van der Waals surface area contributed by atoms with Crippen LogP contribution in [-0.2, 0) is 9.53 Å². The van der Waals surface area contributed by atoms with Crippen LogP contribution in [0.15, 0.2) is 24.3 Å². The van der Waals surface area contributed by atoms with Crippen molar-refractivity contribution < 1.29 is 14.3 Å². The first-order valence-corrected chi connectivity index (χ1v) is 9.94. The Morgan fingerprint density at radius 3 is 2.57 bits per heavy atom. The molecule has 1 aliphatic rings. The van der Waals surface area contributed by atoms with Gasteiger partial charge in [0, 0.05) is 44.5 Å². The number of aryl methyl sites for hydroxylation is 1. The third kappa shape index (κ3) is 6.98. The maximum absolute atomic E-state index is 9.18. The molecule has 1 aromatic heterocycles. The molecule has 0 radical (unpaired) electrons. The third-order valence-electron chi connectivity index (χ3n) is 4.11. The maximum atomic E-state index is 9.18. The molecule has 1 fully saturated rings. The van der Waals surface area contributed by atoms with Crippen molar-refractivity contribution in [1.29, 1.82) is 0 Å². The van der Waals surface area contributed by atoms with Crippen LogP contribution in [0.2, 0.25) is 10.0 Å². The van der Waals surface area contributed by atoms with Gasteiger partial charge in [0.2, 0.25) is 5.88 Å². The Morgan fingerprint density at radius 2 is 1.96 bits per heavy atom. The molecule has 28 heavy (non-hydrogen) atoms. The van der Waals surface area contributed by atoms with Gasteiger partial charge in [0.05, 0.1) is 22.3 Å². The Morgan fingerprint density at radius 1 is 1.21 bits per heavy atom. The zero-order valence-electron chi connectivity index (χ0n) is 16.2. The predicted octanol–water partition coefficient (Wildman–Crippen LogP) is 2.95. The summed E-state index contributed by atoms with van der Waals surface area (Å²) in [5.74, 6) is 0.628. The topological polar surface area (TPSA) is 68.6 Å². The van der Waals surface area contributed by atoms with E-state index in [4.69, 9.17) is 27.9 Å². The molecule has 0 bridgehead atoms. The minimum atomic E-state index is 0.431. The number of nitrogens with one attached hydrogen (secondary N) is 1. The van der Waals surface area contributed by atoms with Crippen molar-refractivity contribution in [2.45, 2.75) is 13.8 Å². The standard InChI is InChI=1S/C16H20Cl2N4O.C3H6O2/c1-12-10-16(23-9-8-21-6-4-19-5-7-21)20-22(12)13-2-3-14(17)15(18)11-13;1-2-5-3-4/h2-3,10-11,19H,4-9H2,1H3;3H,2H2,1H3. The minimum Gasteiger partial charge on any atom is -0.475 e. The van der Waals surface area contributed by atoms with Crippen LogP contribution in [0.1, 0.15) is 12.6 Å². The highest BCUT2D eigenvalue weighted by Crippen LogP contribution is 2.25. The van der Waals surface area contributed by atoms with Gasteiger partial charge in [-0.2, -0.15) is 0 Å². The van der Waals surface area contributed by atoms with E-state index in [-0.39, 0.29) is 0 Å². The molecule has 7 nitrogen and oxygen atoms in total. The Kier molecular flexibility index (Phi) is 9.57. The average molecular weight is 429 g/mol. The highest BCUT2D eigenvalue weighted by atomic mass is 35.5. The molecule has 2 heterocycles. The van der Waals surface area contributed by atoms with Crippen LogP contribution >= 0.6 is 23.2 Å². The van der Waals surface area contributed by atoms with Crippen LogP contribution in [0, 0.1) is 6.92 Å². The van der Waals surface area contributed by atoms with E-state index in [0.717, 1.165) is 44.1 Å². The van der Waals surface area contributed by atoms with Gasteiger partial charge in [0.1, 0.15) is 6.61 Å². The molecule has 0 aliphatic carbocycles. The summed E-state index contributed by atoms with van der Waals surface area (Å²) in [6.07, 6.45) is 0. The lowest BCUT2D eigenvalue weighted by atomic mass is 10.3. The molecule has 1 aromatic carbocycles. The van der Waals surface area contributed by atoms with Gasteiger partial charge in [-0.3, -0.25) is 9.69 Å². The SMILES string of the molecule is CCOC=O.Cc1cc(OCCN2CCNCC2)nn1-c1ccc(Cl)c(Cl)c1. The average Bonchev–Trinajstić information content (AvgIpc) is 3.06. The van der Waals surface area contributed by atoms with Crippen LogP contribution in [0.4, 0.5) is 0 Å². The van der Waals surface area contributed by atoms with Crippen molar-refractivity contribution in [2.24, 2.45) is 0 Å². The molecule has 0 unspecified atom stereocenters. The molecule has 1 N–H and O–H groups in total. The smallest absolute Gasteiger partial charge is 0.293 e. The van der Waals surface area contributed by atoms with E-state index in [0.29, 0.717) is 35.6 Å². The van der Waals surface area contributed by atoms with E-state index >= 15 is 0 Å². The molecular formula is C19H26Cl2N4O3. The zero-order valence-corrected chi connectivity index (χ0v) is 17.7. The predicted molar refractivity (Wildman–Crippen MR) is 111 cm³/mol. The van der Waals surface area contributed by atoms with Crippen molar-refractivity contribution in [3.05, 3.63) is 40.0 Å². The van der Waals surface area contributed by atoms with Crippen molar-refractivity contribution in [3.8, 4) is 11.6 Å². The first-order valence-electron chi connectivity index (χ1n) is 9.18. The van der Waals surface area contributed by atoms with Crippen LogP contribution < -0.4 is 10.1 Å². The van der Waals surface area contributed by atoms with Gasteiger partial charge in [-0.15, -0.1) is 5.10 Å². The van der Waals surface area contributed by atoms with Gasteiger partial charge in [-0.1, -0.05) is 23.2 Å². The van der Waals surface area contributed by atoms with E-state index in [2.05, 4.69) is 20.1 Å². The zero-order chi connectivity index (χ0) is 20.4. The second-order valence-electron chi connectivity index (χ2n) is 6.13. The number of nitrogens with zero attached hydrogens (tertiary/aromatic N) is 3. The molecule has 2 aromatic rings. The summed E-state index contributed by atoms with van der Waals surface area (Å²) in [4.78, 5) is 11.6. The Balaban J connectivity index is 0.000000500. The summed E-state index contributed by atoms with van der Waals surface area (Å²) in [7, 11) is 0. The fraction of sp³-hybridized carbons (Fsp3) is 0.474. The number of carbonyl (C=O) groups is 1. The molecule has 1 aliphatic heterocycles. The molecule has 9 heteroatoms. The summed E-state index contributed by atoms with van der Waals surface area (Å²) in [6.45, 7) is 10.4. The summed E-state index contributed by atoms with van der Waals surface area (Å²) in [5, 5.41) is 8.89. The molecule has 0 saturated carbocycles. The monoisotopic (exact) mass is 428 g/mol.